The summed E-state index contributed by atoms with van der Waals surface area (Å²) in [6, 6.07) is 21.0. The molecule has 92 heavy (non-hydrogen) atoms. The van der Waals surface area contributed by atoms with E-state index >= 15 is 0 Å². The lowest BCUT2D eigenvalue weighted by atomic mass is 10.1. The number of nitrogens with two attached hydrogens (primary N) is 1. The Balaban J connectivity index is 0.00000264. The summed E-state index contributed by atoms with van der Waals surface area (Å²) in [5.41, 5.74) is -0.780. The second kappa shape index (κ2) is 25.1. The van der Waals surface area contributed by atoms with Crippen molar-refractivity contribution in [2.75, 3.05) is 5.73 Å². The highest BCUT2D eigenvalue weighted by atomic mass is 32.2. The second-order valence-electron chi connectivity index (χ2n) is 18.0. The molecule has 1 aromatic heterocycles. The number of non-ortho nitro benzene ring substituents is 1. The largest absolute Gasteiger partial charge is 0.505 e. The number of anilines is 1. The molecule has 45 heteroatoms. The molecule has 0 radical (unpaired) electrons. The van der Waals surface area contributed by atoms with Crippen LogP contribution in [0.5, 0.6) is 17.4 Å². The number of hydrogen-bond donors (Lipinski definition) is 10. The van der Waals surface area contributed by atoms with Gasteiger partial charge in [-0.05, 0) is 78.9 Å². The van der Waals surface area contributed by atoms with Crippen molar-refractivity contribution in [3.8, 4) is 34.3 Å². The summed E-state index contributed by atoms with van der Waals surface area (Å²) < 4.78 is 237. The van der Waals surface area contributed by atoms with Crippen molar-refractivity contribution >= 4 is 150 Å². The Morgan fingerprint density at radius 2 is 0.967 bits per heavy atom. The van der Waals surface area contributed by atoms with Gasteiger partial charge in [0.2, 0.25) is 5.88 Å². The van der Waals surface area contributed by atoms with Crippen molar-refractivity contribution in [3.63, 3.8) is 0 Å². The van der Waals surface area contributed by atoms with E-state index in [1.807, 2.05) is 0 Å². The highest BCUT2D eigenvalue weighted by Gasteiger charge is 2.30. The zero-order valence-corrected chi connectivity index (χ0v) is 50.2. The van der Waals surface area contributed by atoms with Gasteiger partial charge in [0.15, 0.2) is 17.2 Å². The monoisotopic (exact) mass is 1400 g/mol. The molecule has 0 unspecified atom stereocenters. The first kappa shape index (κ1) is 67.5. The van der Waals surface area contributed by atoms with Crippen LogP contribution in [0.25, 0.3) is 38.5 Å². The molecule has 0 spiro atoms. The first-order valence-electron chi connectivity index (χ1n) is 23.8. The van der Waals surface area contributed by atoms with E-state index in [2.05, 4.69) is 46.0 Å². The van der Waals surface area contributed by atoms with Crippen LogP contribution in [0.4, 0.5) is 56.9 Å². The van der Waals surface area contributed by atoms with E-state index in [4.69, 9.17) is 18.4 Å². The number of phenolic OH excluding ortho intramolecular Hbond substituents is 2. The van der Waals surface area contributed by atoms with E-state index in [-0.39, 0.29) is 11.4 Å². The second-order valence-corrected chi connectivity index (χ2v) is 26.7. The Bertz CT molecular complexity index is 5600. The van der Waals surface area contributed by atoms with Gasteiger partial charge in [-0.3, -0.25) is 37.4 Å². The minimum Gasteiger partial charge on any atom is -0.505 e. The topological polar surface area (TPSA) is 624 Å². The van der Waals surface area contributed by atoms with Crippen LogP contribution >= 0.6 is 0 Å². The molecule has 0 amide bonds. The number of fused-ring (bicyclic) bond motifs is 2. The normalized spacial score (nSPS) is 12.8. The number of nitrogens with zero attached hydrogens (tertiary/aromatic N) is 11. The van der Waals surface area contributed by atoms with Gasteiger partial charge in [0.05, 0.1) is 32.3 Å². The minimum atomic E-state index is -5.68. The molecule has 11 N–H and O–H groups in total. The van der Waals surface area contributed by atoms with Crippen LogP contribution in [0.15, 0.2) is 198 Å². The summed E-state index contributed by atoms with van der Waals surface area (Å²) in [5, 5.41) is 76.9. The number of aromatic hydroxyl groups is 3. The SMILES string of the molecule is Nc1c(N=Nc2ccc3c(O)c(N=Nc4ccc(N=Nc5c(-c6ccccc6)nn(-c6ccc(S(=O)(=O)O)cc6)c5O)c(S(=O)(=O)O)c4)c(S(=O)(=O)O)cc3c2S(=O)(=O)O)cc(S(=O)(=O)O)c2ccc(N=Nc3ccc([N+](=O)[O-])cc3S(=O)(=O)O)c(O)c12.O=S(=O)=O. The van der Waals surface area contributed by atoms with Gasteiger partial charge in [-0.1, -0.05) is 36.4 Å². The number of benzene rings is 8. The number of azo groups is 4. The van der Waals surface area contributed by atoms with Crippen LogP contribution < -0.4 is 5.73 Å². The van der Waals surface area contributed by atoms with Crippen LogP contribution in [0.2, 0.25) is 0 Å². The molecule has 8 aromatic carbocycles. The van der Waals surface area contributed by atoms with E-state index in [1.165, 1.54) is 12.1 Å². The fourth-order valence-corrected chi connectivity index (χ4v) is 12.2. The molecule has 9 aromatic rings. The summed E-state index contributed by atoms with van der Waals surface area (Å²) >= 11 is 0. The van der Waals surface area contributed by atoms with Crippen molar-refractivity contribution in [1.29, 1.82) is 0 Å². The molecule has 478 valence electrons. The van der Waals surface area contributed by atoms with Gasteiger partial charge in [-0.25, -0.2) is 0 Å². The summed E-state index contributed by atoms with van der Waals surface area (Å²) in [4.78, 5) is 3.75. The predicted octanol–water partition coefficient (Wildman–Crippen LogP) is 8.59. The van der Waals surface area contributed by atoms with E-state index in [0.717, 1.165) is 65.3 Å². The molecule has 0 saturated carbocycles. The zero-order valence-electron chi connectivity index (χ0n) is 44.4. The van der Waals surface area contributed by atoms with Gasteiger partial charge >= 0.3 is 10.6 Å². The molecular weight excluding hydrogens is 1370 g/mol. The number of nitrogen functional groups attached to an aromatic ring is 1. The summed E-state index contributed by atoms with van der Waals surface area (Å²) in [5.74, 6) is -3.08. The van der Waals surface area contributed by atoms with Gasteiger partial charge in [0, 0.05) is 33.9 Å². The van der Waals surface area contributed by atoms with Crippen molar-refractivity contribution in [3.05, 3.63) is 138 Å². The van der Waals surface area contributed by atoms with Crippen LogP contribution in [0.1, 0.15) is 0 Å². The standard InChI is InChI=1S/C47H32N12O23S6.O3S/c48-40-34(21-35(84(68,69)70)28-13-16-32(45(61)39(28)40)52-50-31-15-9-25(59(63)64)19-37(31)86(74,75)76)54-53-33-17-12-27-29(46(33)88(80,81)82)20-38(87(77,78)79)42(44(27)60)55-49-23-6-14-30(36(18-23)85(71,72)73)51-56-43-41(22-4-2-1-3-5-22)57-58(47(43)62)24-7-10-26(11-8-24)83(65,66)67;1-4(2)3/h1-21,60-62H,48H2,(H,65,66,67)(H,68,69,70)(H,71,72,73)(H,74,75,76)(H,77,78,79)(H,80,81,82);. The third-order valence-electron chi connectivity index (χ3n) is 12.2. The number of phenols is 2. The summed E-state index contributed by atoms with van der Waals surface area (Å²) in [7, 11) is -34.9. The molecule has 0 fully saturated rings. The fourth-order valence-electron chi connectivity index (χ4n) is 8.28. The van der Waals surface area contributed by atoms with Crippen LogP contribution in [-0.4, -0.2) is 120 Å². The van der Waals surface area contributed by atoms with Crippen molar-refractivity contribution in [2.45, 2.75) is 29.4 Å². The molecule has 0 aliphatic carbocycles. The Morgan fingerprint density at radius 1 is 0.467 bits per heavy atom. The Morgan fingerprint density at radius 3 is 1.53 bits per heavy atom. The lowest BCUT2D eigenvalue weighted by Gasteiger charge is -2.13. The van der Waals surface area contributed by atoms with Crippen molar-refractivity contribution in [2.24, 2.45) is 40.9 Å². The fraction of sp³-hybridized carbons (Fsp3) is 0. The molecular formula is C47H32N12O26S7. The maximum atomic E-state index is 13.1. The number of rotatable bonds is 17. The molecule has 9 rings (SSSR count). The molecule has 0 saturated heterocycles. The Hall–Kier alpha value is -10.4. The molecule has 38 nitrogen and oxygen atoms in total. The lowest BCUT2D eigenvalue weighted by molar-refractivity contribution is -0.385. The highest BCUT2D eigenvalue weighted by Crippen LogP contribution is 2.49. The molecule has 1 heterocycles. The van der Waals surface area contributed by atoms with Gasteiger partial charge in [-0.2, -0.15) is 65.4 Å². The number of aromatic nitrogens is 2. The Kier molecular flexibility index (Phi) is 18.4. The van der Waals surface area contributed by atoms with Crippen LogP contribution in [-0.2, 0) is 71.3 Å². The quantitative estimate of drug-likeness (QED) is 0.0134. The molecule has 0 aliphatic rings. The van der Waals surface area contributed by atoms with E-state index in [0.29, 0.717) is 29.8 Å². The van der Waals surface area contributed by atoms with Crippen LogP contribution in [0, 0.1) is 10.1 Å². The van der Waals surface area contributed by atoms with Crippen molar-refractivity contribution < 1.29 is 111 Å². The third-order valence-corrected chi connectivity index (χ3v) is 17.5. The molecule has 0 bridgehead atoms. The van der Waals surface area contributed by atoms with Crippen LogP contribution in [0.3, 0.4) is 0 Å². The Labute approximate surface area is 515 Å². The first-order valence-corrected chi connectivity index (χ1v) is 33.4. The third kappa shape index (κ3) is 14.6. The lowest BCUT2D eigenvalue weighted by Crippen LogP contribution is -2.03. The minimum absolute atomic E-state index is 0.0445. The average Bonchev–Trinajstić information content (AvgIpc) is 1.09. The summed E-state index contributed by atoms with van der Waals surface area (Å²) in [6.45, 7) is 0. The molecule has 0 atom stereocenters. The molecule has 0 aliphatic heterocycles. The maximum Gasteiger partial charge on any atom is 0.425 e. The van der Waals surface area contributed by atoms with Gasteiger partial charge in [0.1, 0.15) is 64.3 Å². The number of nitro groups is 1. The predicted molar refractivity (Wildman–Crippen MR) is 311 cm³/mol. The first-order chi connectivity index (χ1) is 42.7. The van der Waals surface area contributed by atoms with Gasteiger partial charge in [0.25, 0.3) is 66.4 Å². The van der Waals surface area contributed by atoms with E-state index < -0.39 is 201 Å². The van der Waals surface area contributed by atoms with Gasteiger partial charge in [-0.15, -0.1) is 48.4 Å². The maximum absolute atomic E-state index is 13.1. The van der Waals surface area contributed by atoms with E-state index in [1.54, 1.807) is 30.3 Å². The number of nitro benzene ring substituents is 1. The summed E-state index contributed by atoms with van der Waals surface area (Å²) in [6.07, 6.45) is 0. The van der Waals surface area contributed by atoms with Crippen molar-refractivity contribution in [1.82, 2.24) is 9.78 Å². The highest BCUT2D eigenvalue weighted by molar-refractivity contribution is 7.87. The number of hydrogen-bond acceptors (Lipinski definition) is 30. The zero-order chi connectivity index (χ0) is 68.0. The van der Waals surface area contributed by atoms with E-state index in [9.17, 15) is 103 Å². The smallest absolute Gasteiger partial charge is 0.425 e. The van der Waals surface area contributed by atoms with Gasteiger partial charge < -0.3 is 21.1 Å². The average molecular weight is 1410 g/mol.